The van der Waals surface area contributed by atoms with E-state index in [1.54, 1.807) is 6.07 Å². The van der Waals surface area contributed by atoms with Gasteiger partial charge in [0, 0.05) is 24.6 Å². The van der Waals surface area contributed by atoms with E-state index in [9.17, 15) is 50.8 Å². The molecular weight excluding hydrogens is 616 g/mol. The van der Waals surface area contributed by atoms with Crippen molar-refractivity contribution in [1.29, 1.82) is 0 Å². The smallest absolute Gasteiger partial charge is 0.416 e. The van der Waals surface area contributed by atoms with Gasteiger partial charge >= 0.3 is 18.4 Å². The van der Waals surface area contributed by atoms with Gasteiger partial charge in [-0.2, -0.15) is 26.3 Å². The third kappa shape index (κ3) is 7.64. The maximum atomic E-state index is 13.6. The molecule has 45 heavy (non-hydrogen) atoms. The number of unbranched alkanes of at least 4 members (excludes halogenated alkanes) is 1. The van der Waals surface area contributed by atoms with Crippen LogP contribution in [0.15, 0.2) is 42.5 Å². The predicted octanol–water partition coefficient (Wildman–Crippen LogP) is 4.67. The zero-order valence-electron chi connectivity index (χ0n) is 23.6. The van der Waals surface area contributed by atoms with E-state index in [1.807, 2.05) is 0 Å². The van der Waals surface area contributed by atoms with Crippen molar-refractivity contribution in [2.45, 2.75) is 63.4 Å². The van der Waals surface area contributed by atoms with E-state index < -0.39 is 70.7 Å². The maximum absolute atomic E-state index is 13.6. The number of alkyl halides is 6. The molecule has 2 aliphatic heterocycles. The molecular formula is C28H29F6N5O6. The van der Waals surface area contributed by atoms with Crippen LogP contribution < -0.4 is 5.73 Å². The quantitative estimate of drug-likeness (QED) is 0.181. The van der Waals surface area contributed by atoms with Gasteiger partial charge in [-0.3, -0.25) is 24.6 Å². The largest absolute Gasteiger partial charge is 0.444 e. The third-order valence-electron chi connectivity index (χ3n) is 7.58. The van der Waals surface area contributed by atoms with Gasteiger partial charge in [0.15, 0.2) is 0 Å². The molecule has 2 aromatic carbocycles. The number of piperazine rings is 1. The molecule has 11 nitrogen and oxygen atoms in total. The molecule has 2 N–H and O–H groups in total. The number of rotatable bonds is 9. The number of nitrogens with zero attached hydrogens (tertiary/aromatic N) is 4. The fraction of sp³-hybridized carbons (Fsp3) is 0.464. The van der Waals surface area contributed by atoms with Gasteiger partial charge in [0.05, 0.1) is 29.1 Å². The lowest BCUT2D eigenvalue weighted by molar-refractivity contribution is -0.385. The summed E-state index contributed by atoms with van der Waals surface area (Å²) in [5, 5.41) is 11.6. The second-order valence-electron chi connectivity index (χ2n) is 10.6. The molecule has 3 amide bonds. The molecule has 2 fully saturated rings. The van der Waals surface area contributed by atoms with Gasteiger partial charge in [-0.25, -0.2) is 4.79 Å². The Morgan fingerprint density at radius 1 is 1.02 bits per heavy atom. The Morgan fingerprint density at radius 3 is 2.27 bits per heavy atom. The molecule has 2 atom stereocenters. The summed E-state index contributed by atoms with van der Waals surface area (Å²) in [4.78, 5) is 54.5. The Labute approximate surface area is 252 Å². The van der Waals surface area contributed by atoms with Crippen LogP contribution in [0.2, 0.25) is 0 Å². The van der Waals surface area contributed by atoms with Gasteiger partial charge in [0.25, 0.3) is 5.69 Å². The standard InChI is InChI=1S/C28H29F6N5O6/c29-27(30,31)19-11-17(12-20(13-19)28(32,33)34)16-45-26(42)37-10-8-24(40)38-22(7-3-4-9-35)25(41)36(15-23(37)38)14-18-5-1-2-6-21(18)39(43)44/h1-2,5-6,11-13,22-23H,3-4,7-10,14-16,35H2/t22-,23+/m0/s1. The molecule has 0 unspecified atom stereocenters. The normalized spacial score (nSPS) is 19.0. The Kier molecular flexibility index (Phi) is 9.89. The van der Waals surface area contributed by atoms with Crippen LogP contribution >= 0.6 is 0 Å². The van der Waals surface area contributed by atoms with E-state index in [4.69, 9.17) is 10.5 Å². The third-order valence-corrected chi connectivity index (χ3v) is 7.58. The zero-order chi connectivity index (χ0) is 33.1. The number of amides is 3. The number of benzene rings is 2. The van der Waals surface area contributed by atoms with Crippen LogP contribution in [0.5, 0.6) is 0 Å². The van der Waals surface area contributed by atoms with Crippen molar-refractivity contribution in [3.63, 3.8) is 0 Å². The highest BCUT2D eigenvalue weighted by Crippen LogP contribution is 2.37. The van der Waals surface area contributed by atoms with Crippen LogP contribution in [-0.4, -0.2) is 69.4 Å². The van der Waals surface area contributed by atoms with E-state index >= 15 is 0 Å². The minimum absolute atomic E-state index is 0.0467. The summed E-state index contributed by atoms with van der Waals surface area (Å²) in [5.41, 5.74) is 1.83. The first-order valence-corrected chi connectivity index (χ1v) is 13.9. The van der Waals surface area contributed by atoms with Gasteiger partial charge in [-0.1, -0.05) is 18.2 Å². The second kappa shape index (κ2) is 13.3. The maximum Gasteiger partial charge on any atom is 0.416 e. The molecule has 2 heterocycles. The first-order chi connectivity index (χ1) is 21.1. The first-order valence-electron chi connectivity index (χ1n) is 13.9. The molecule has 0 bridgehead atoms. The van der Waals surface area contributed by atoms with Gasteiger partial charge < -0.3 is 20.3 Å². The lowest BCUT2D eigenvalue weighted by atomic mass is 9.98. The molecule has 2 aromatic rings. The number of carbonyl (C=O) groups excluding carboxylic acids is 3. The van der Waals surface area contributed by atoms with Crippen molar-refractivity contribution >= 4 is 23.6 Å². The minimum Gasteiger partial charge on any atom is -0.444 e. The van der Waals surface area contributed by atoms with Crippen molar-refractivity contribution < 1.29 is 50.4 Å². The van der Waals surface area contributed by atoms with Gasteiger partial charge in [-0.15, -0.1) is 0 Å². The van der Waals surface area contributed by atoms with E-state index in [-0.39, 0.29) is 49.8 Å². The molecule has 17 heteroatoms. The predicted molar refractivity (Wildman–Crippen MR) is 144 cm³/mol. The topological polar surface area (TPSA) is 139 Å². The summed E-state index contributed by atoms with van der Waals surface area (Å²) in [6.45, 7) is -1.35. The van der Waals surface area contributed by atoms with Gasteiger partial charge in [0.2, 0.25) is 11.8 Å². The van der Waals surface area contributed by atoms with Crippen LogP contribution in [-0.2, 0) is 39.8 Å². The highest BCUT2D eigenvalue weighted by Gasteiger charge is 2.49. The first kappa shape index (κ1) is 33.5. The van der Waals surface area contributed by atoms with E-state index in [1.165, 1.54) is 28.0 Å². The van der Waals surface area contributed by atoms with Gasteiger partial charge in [0.1, 0.15) is 18.8 Å². The van der Waals surface area contributed by atoms with Crippen LogP contribution in [0.25, 0.3) is 0 Å². The molecule has 0 radical (unpaired) electrons. The van der Waals surface area contributed by atoms with Crippen LogP contribution in [0, 0.1) is 10.1 Å². The summed E-state index contributed by atoms with van der Waals surface area (Å²) in [5.74, 6) is -0.957. The minimum atomic E-state index is -5.10. The SMILES string of the molecule is NCCCC[C@H]1C(=O)N(Cc2ccccc2[N+](=O)[O-])C[C@@H]2N(C(=O)OCc3cc(C(F)(F)F)cc(C(F)(F)F)c3)CCC(=O)N21. The Balaban J connectivity index is 1.61. The van der Waals surface area contributed by atoms with Crippen LogP contribution in [0.3, 0.4) is 0 Å². The van der Waals surface area contributed by atoms with E-state index in [0.29, 0.717) is 31.5 Å². The number of nitrogens with two attached hydrogens (primary N) is 1. The molecule has 4 rings (SSSR count). The van der Waals surface area contributed by atoms with Crippen molar-refractivity contribution in [1.82, 2.24) is 14.7 Å². The lowest BCUT2D eigenvalue weighted by Gasteiger charge is -2.51. The number of nitro benzene ring substituents is 1. The molecule has 0 aliphatic carbocycles. The van der Waals surface area contributed by atoms with Crippen LogP contribution in [0.4, 0.5) is 36.8 Å². The van der Waals surface area contributed by atoms with Crippen molar-refractivity contribution in [2.75, 3.05) is 19.6 Å². The Bertz CT molecular complexity index is 1420. The highest BCUT2D eigenvalue weighted by atomic mass is 19.4. The fourth-order valence-corrected chi connectivity index (χ4v) is 5.45. The molecule has 2 aliphatic rings. The Hall–Kier alpha value is -4.41. The number of fused-ring (bicyclic) bond motifs is 1. The molecule has 0 aromatic heterocycles. The molecule has 0 spiro atoms. The van der Waals surface area contributed by atoms with Crippen molar-refractivity contribution in [2.24, 2.45) is 5.73 Å². The van der Waals surface area contributed by atoms with Crippen molar-refractivity contribution in [3.05, 3.63) is 74.8 Å². The number of carbonyl (C=O) groups is 3. The molecule has 2 saturated heterocycles. The van der Waals surface area contributed by atoms with E-state index in [2.05, 4.69) is 0 Å². The summed E-state index contributed by atoms with van der Waals surface area (Å²) >= 11 is 0. The number of halogens is 6. The average molecular weight is 646 g/mol. The number of hydrogen-bond donors (Lipinski definition) is 1. The summed E-state index contributed by atoms with van der Waals surface area (Å²) in [7, 11) is 0. The number of nitro groups is 1. The summed E-state index contributed by atoms with van der Waals surface area (Å²) in [6, 6.07) is 5.51. The van der Waals surface area contributed by atoms with Crippen molar-refractivity contribution in [3.8, 4) is 0 Å². The molecule has 0 saturated carbocycles. The Morgan fingerprint density at radius 2 is 1.67 bits per heavy atom. The van der Waals surface area contributed by atoms with Crippen LogP contribution in [0.1, 0.15) is 47.9 Å². The second-order valence-corrected chi connectivity index (χ2v) is 10.6. The average Bonchev–Trinajstić information content (AvgIpc) is 2.97. The van der Waals surface area contributed by atoms with E-state index in [0.717, 1.165) is 4.90 Å². The molecule has 244 valence electrons. The van der Waals surface area contributed by atoms with Gasteiger partial charge in [-0.05, 0) is 49.6 Å². The highest BCUT2D eigenvalue weighted by molar-refractivity contribution is 5.90. The zero-order valence-corrected chi connectivity index (χ0v) is 23.6. The lowest BCUT2D eigenvalue weighted by Crippen LogP contribution is -2.71. The monoisotopic (exact) mass is 645 g/mol. The fourth-order valence-electron chi connectivity index (χ4n) is 5.45. The number of para-hydroxylation sites is 1. The number of ether oxygens (including phenoxy) is 1. The summed E-state index contributed by atoms with van der Waals surface area (Å²) < 4.78 is 84.9. The number of hydrogen-bond acceptors (Lipinski definition) is 7. The summed E-state index contributed by atoms with van der Waals surface area (Å²) in [6.07, 6.45) is -11.6.